The molecule has 1 unspecified atom stereocenters. The molecule has 0 aromatic heterocycles. The second-order valence-corrected chi connectivity index (χ2v) is 7.01. The molecule has 1 fully saturated rings. The first-order chi connectivity index (χ1) is 12.5. The molecule has 0 radical (unpaired) electrons. The Hall–Kier alpha value is -2.67. The summed E-state index contributed by atoms with van der Waals surface area (Å²) in [6.07, 6.45) is 0.566. The maximum atomic E-state index is 12.3. The fourth-order valence-electron chi connectivity index (χ4n) is 2.85. The van der Waals surface area contributed by atoms with E-state index in [1.807, 2.05) is 12.1 Å². The van der Waals surface area contributed by atoms with E-state index in [1.165, 1.54) is 19.2 Å². The molecule has 26 heavy (non-hydrogen) atoms. The summed E-state index contributed by atoms with van der Waals surface area (Å²) in [6.45, 7) is 0.499. The third-order valence-corrected chi connectivity index (χ3v) is 5.52. The van der Waals surface area contributed by atoms with E-state index in [0.29, 0.717) is 24.3 Å². The number of amides is 1. The quantitative estimate of drug-likeness (QED) is 0.619. The van der Waals surface area contributed by atoms with Gasteiger partial charge in [-0.15, -0.1) is 11.8 Å². The van der Waals surface area contributed by atoms with Gasteiger partial charge in [0.05, 0.1) is 18.4 Å². The lowest BCUT2D eigenvalue weighted by Gasteiger charge is -2.24. The van der Waals surface area contributed by atoms with Crippen LogP contribution in [0.5, 0.6) is 11.5 Å². The van der Waals surface area contributed by atoms with Gasteiger partial charge in [-0.2, -0.15) is 0 Å². The summed E-state index contributed by atoms with van der Waals surface area (Å²) >= 11 is 1.54. The van der Waals surface area contributed by atoms with Crippen LogP contribution in [0.2, 0.25) is 0 Å². The second-order valence-electron chi connectivity index (χ2n) is 5.94. The van der Waals surface area contributed by atoms with E-state index in [2.05, 4.69) is 0 Å². The molecular formula is C19H19NO5S. The molecule has 0 aliphatic carbocycles. The summed E-state index contributed by atoms with van der Waals surface area (Å²) in [5.41, 5.74) is 2.25. The molecule has 2 aromatic rings. The lowest BCUT2D eigenvalue weighted by atomic mass is 10.1. The Kier molecular flexibility index (Phi) is 5.37. The summed E-state index contributed by atoms with van der Waals surface area (Å²) in [5.74, 6) is -0.259. The average Bonchev–Trinajstić information content (AvgIpc) is 3.02. The molecular weight excluding hydrogens is 354 g/mol. The largest absolute Gasteiger partial charge is 0.504 e. The van der Waals surface area contributed by atoms with Crippen molar-refractivity contribution in [2.45, 2.75) is 11.8 Å². The van der Waals surface area contributed by atoms with Gasteiger partial charge >= 0.3 is 5.97 Å². The standard InChI is InChI=1S/C19H19NO5S/c1-25-19(24)14-5-3-13(4-6-14)18-20(17(23)11-26-18)9-8-12-2-7-15(21)16(22)10-12/h2-7,10,18,21-22H,8-9,11H2,1H3. The third kappa shape index (κ3) is 3.77. The monoisotopic (exact) mass is 373 g/mol. The van der Waals surface area contributed by atoms with Gasteiger partial charge in [0.1, 0.15) is 5.37 Å². The summed E-state index contributed by atoms with van der Waals surface area (Å²) in [5, 5.41) is 18.9. The van der Waals surface area contributed by atoms with Gasteiger partial charge in [0.2, 0.25) is 5.91 Å². The average molecular weight is 373 g/mol. The molecule has 136 valence electrons. The van der Waals surface area contributed by atoms with Crippen LogP contribution in [0.3, 0.4) is 0 Å². The highest BCUT2D eigenvalue weighted by atomic mass is 32.2. The van der Waals surface area contributed by atoms with Gasteiger partial charge in [0.15, 0.2) is 11.5 Å². The highest BCUT2D eigenvalue weighted by molar-refractivity contribution is 8.00. The normalized spacial score (nSPS) is 16.7. The van der Waals surface area contributed by atoms with Crippen molar-refractivity contribution in [2.24, 2.45) is 0 Å². The molecule has 1 aliphatic rings. The number of methoxy groups -OCH3 is 1. The Morgan fingerprint density at radius 1 is 1.19 bits per heavy atom. The molecule has 2 aromatic carbocycles. The van der Waals surface area contributed by atoms with Gasteiger partial charge in [-0.25, -0.2) is 4.79 Å². The van der Waals surface area contributed by atoms with Crippen molar-refractivity contribution in [1.29, 1.82) is 0 Å². The van der Waals surface area contributed by atoms with Crippen LogP contribution in [0.25, 0.3) is 0 Å². The SMILES string of the molecule is COC(=O)c1ccc(C2SCC(=O)N2CCc2ccc(O)c(O)c2)cc1. The summed E-state index contributed by atoms with van der Waals surface area (Å²) in [6, 6.07) is 11.7. The number of hydrogen-bond donors (Lipinski definition) is 2. The van der Waals surface area contributed by atoms with Crippen molar-refractivity contribution < 1.29 is 24.5 Å². The number of rotatable bonds is 5. The van der Waals surface area contributed by atoms with Crippen LogP contribution in [0, 0.1) is 0 Å². The lowest BCUT2D eigenvalue weighted by molar-refractivity contribution is -0.128. The minimum absolute atomic E-state index is 0.0556. The van der Waals surface area contributed by atoms with E-state index in [0.717, 1.165) is 11.1 Å². The predicted molar refractivity (Wildman–Crippen MR) is 98.2 cm³/mol. The number of esters is 1. The zero-order chi connectivity index (χ0) is 18.7. The van der Waals surface area contributed by atoms with E-state index in [-0.39, 0.29) is 22.8 Å². The molecule has 6 nitrogen and oxygen atoms in total. The topological polar surface area (TPSA) is 87.1 Å². The van der Waals surface area contributed by atoms with E-state index in [1.54, 1.807) is 34.9 Å². The maximum Gasteiger partial charge on any atom is 0.337 e. The Morgan fingerprint density at radius 3 is 2.58 bits per heavy atom. The van der Waals surface area contributed by atoms with Crippen LogP contribution in [0.1, 0.15) is 26.9 Å². The van der Waals surface area contributed by atoms with Crippen molar-refractivity contribution in [2.75, 3.05) is 19.4 Å². The molecule has 7 heteroatoms. The fraction of sp³-hybridized carbons (Fsp3) is 0.263. The molecule has 0 spiro atoms. The van der Waals surface area contributed by atoms with Crippen LogP contribution in [0.4, 0.5) is 0 Å². The lowest BCUT2D eigenvalue weighted by Crippen LogP contribution is -2.30. The minimum atomic E-state index is -0.393. The third-order valence-electron chi connectivity index (χ3n) is 4.27. The summed E-state index contributed by atoms with van der Waals surface area (Å²) < 4.78 is 4.70. The molecule has 2 N–H and O–H groups in total. The molecule has 1 saturated heterocycles. The first-order valence-corrected chi connectivity index (χ1v) is 9.14. The van der Waals surface area contributed by atoms with Crippen LogP contribution >= 0.6 is 11.8 Å². The molecule has 1 atom stereocenters. The Bertz CT molecular complexity index is 821. The number of phenols is 2. The Labute approximate surface area is 155 Å². The van der Waals surface area contributed by atoms with E-state index in [9.17, 15) is 19.8 Å². The fourth-order valence-corrected chi connectivity index (χ4v) is 4.07. The van der Waals surface area contributed by atoms with Gasteiger partial charge in [-0.1, -0.05) is 18.2 Å². The van der Waals surface area contributed by atoms with E-state index < -0.39 is 5.97 Å². The van der Waals surface area contributed by atoms with E-state index in [4.69, 9.17) is 4.74 Å². The molecule has 1 heterocycles. The summed E-state index contributed by atoms with van der Waals surface area (Å²) in [4.78, 5) is 25.6. The summed E-state index contributed by atoms with van der Waals surface area (Å²) in [7, 11) is 1.34. The van der Waals surface area contributed by atoms with Gasteiger partial charge in [0.25, 0.3) is 0 Å². The van der Waals surface area contributed by atoms with Crippen LogP contribution in [0.15, 0.2) is 42.5 Å². The number of carbonyl (C=O) groups excluding carboxylic acids is 2. The van der Waals surface area contributed by atoms with Crippen molar-refractivity contribution in [1.82, 2.24) is 4.90 Å². The van der Waals surface area contributed by atoms with Crippen molar-refractivity contribution >= 4 is 23.6 Å². The number of hydrogen-bond acceptors (Lipinski definition) is 6. The van der Waals surface area contributed by atoms with Crippen molar-refractivity contribution in [3.63, 3.8) is 0 Å². The first kappa shape index (κ1) is 18.1. The van der Waals surface area contributed by atoms with Crippen molar-refractivity contribution in [3.8, 4) is 11.5 Å². The minimum Gasteiger partial charge on any atom is -0.504 e. The number of thioether (sulfide) groups is 1. The number of nitrogens with zero attached hydrogens (tertiary/aromatic N) is 1. The zero-order valence-electron chi connectivity index (χ0n) is 14.2. The van der Waals surface area contributed by atoms with Crippen LogP contribution < -0.4 is 0 Å². The van der Waals surface area contributed by atoms with E-state index >= 15 is 0 Å². The van der Waals surface area contributed by atoms with Gasteiger partial charge < -0.3 is 19.8 Å². The highest BCUT2D eigenvalue weighted by Gasteiger charge is 2.32. The van der Waals surface area contributed by atoms with Crippen LogP contribution in [-0.2, 0) is 16.0 Å². The smallest absolute Gasteiger partial charge is 0.337 e. The molecule has 0 bridgehead atoms. The van der Waals surface area contributed by atoms with Gasteiger partial charge in [-0.05, 0) is 41.8 Å². The van der Waals surface area contributed by atoms with Gasteiger partial charge in [-0.3, -0.25) is 4.79 Å². The van der Waals surface area contributed by atoms with Crippen LogP contribution in [-0.4, -0.2) is 46.4 Å². The molecule has 3 rings (SSSR count). The van der Waals surface area contributed by atoms with Crippen molar-refractivity contribution in [3.05, 3.63) is 59.2 Å². The van der Waals surface area contributed by atoms with Gasteiger partial charge in [0, 0.05) is 6.54 Å². The predicted octanol–water partition coefficient (Wildman–Crippen LogP) is 2.70. The molecule has 0 saturated carbocycles. The first-order valence-electron chi connectivity index (χ1n) is 8.10. The number of phenolic OH excluding ortho intramolecular Hbond substituents is 2. The molecule has 1 amide bonds. The highest BCUT2D eigenvalue weighted by Crippen LogP contribution is 2.38. The second kappa shape index (κ2) is 7.70. The Balaban J connectivity index is 1.72. The number of benzene rings is 2. The maximum absolute atomic E-state index is 12.3. The number of ether oxygens (including phenoxy) is 1. The zero-order valence-corrected chi connectivity index (χ0v) is 15.0. The number of aromatic hydroxyl groups is 2. The number of carbonyl (C=O) groups is 2. The Morgan fingerprint density at radius 2 is 1.92 bits per heavy atom. The molecule has 1 aliphatic heterocycles.